The predicted octanol–water partition coefficient (Wildman–Crippen LogP) is 5.74. The lowest BCUT2D eigenvalue weighted by Gasteiger charge is -2.13. The Morgan fingerprint density at radius 2 is 1.86 bits per heavy atom. The van der Waals surface area contributed by atoms with E-state index in [0.717, 1.165) is 19.3 Å². The Hall–Kier alpha value is -3.36. The first kappa shape index (κ1) is 25.7. The van der Waals surface area contributed by atoms with E-state index in [2.05, 4.69) is 12.2 Å². The van der Waals surface area contributed by atoms with Crippen LogP contribution in [0.15, 0.2) is 75.2 Å². The fourth-order valence-corrected chi connectivity index (χ4v) is 4.75. The smallest absolute Gasteiger partial charge is 0.262 e. The molecule has 0 unspecified atom stereocenters. The summed E-state index contributed by atoms with van der Waals surface area (Å²) < 4.78 is 6.88. The summed E-state index contributed by atoms with van der Waals surface area (Å²) in [7, 11) is 0. The molecule has 4 rings (SSSR count). The SMILES string of the molecule is CCCCCn1c(SCC(=O)c2ccc(Cl)cc2)nc2cc(C(=O)NCc3ccco3)ccc2c1=O. The third-order valence-corrected chi connectivity index (χ3v) is 6.90. The number of amides is 1. The maximum atomic E-state index is 13.4. The quantitative estimate of drug-likeness (QED) is 0.117. The Bertz CT molecular complexity index is 1420. The van der Waals surface area contributed by atoms with Crippen LogP contribution in [0.5, 0.6) is 0 Å². The number of unbranched alkanes of at least 4 members (excludes halogenated alkanes) is 2. The molecule has 0 saturated heterocycles. The molecular weight excluding hydrogens is 498 g/mol. The molecule has 2 heterocycles. The third-order valence-electron chi connectivity index (χ3n) is 5.67. The second-order valence-electron chi connectivity index (χ2n) is 8.27. The van der Waals surface area contributed by atoms with Crippen LogP contribution in [0.2, 0.25) is 5.02 Å². The number of furan rings is 1. The number of carbonyl (C=O) groups is 2. The molecule has 1 N–H and O–H groups in total. The van der Waals surface area contributed by atoms with Gasteiger partial charge in [-0.3, -0.25) is 19.0 Å². The summed E-state index contributed by atoms with van der Waals surface area (Å²) in [5.41, 5.74) is 1.17. The van der Waals surface area contributed by atoms with Crippen LogP contribution in [0.4, 0.5) is 0 Å². The minimum Gasteiger partial charge on any atom is -0.467 e. The van der Waals surface area contributed by atoms with Crippen LogP contribution in [-0.2, 0) is 13.1 Å². The number of Topliss-reactive ketones (excluding diaryl/α,β-unsaturated/α-hetero) is 1. The number of carbonyl (C=O) groups excluding carboxylic acids is 2. The molecule has 0 bridgehead atoms. The molecule has 0 radical (unpaired) electrons. The van der Waals surface area contributed by atoms with Gasteiger partial charge < -0.3 is 9.73 Å². The number of hydrogen-bond donors (Lipinski definition) is 1. The molecule has 0 spiro atoms. The zero-order valence-corrected chi connectivity index (χ0v) is 21.4. The summed E-state index contributed by atoms with van der Waals surface area (Å²) in [6.45, 7) is 2.86. The topological polar surface area (TPSA) is 94.2 Å². The number of aromatic nitrogens is 2. The molecule has 2 aromatic carbocycles. The number of nitrogens with zero attached hydrogens (tertiary/aromatic N) is 2. The normalized spacial score (nSPS) is 11.1. The summed E-state index contributed by atoms with van der Waals surface area (Å²) in [6.07, 6.45) is 4.37. The summed E-state index contributed by atoms with van der Waals surface area (Å²) in [5, 5.41) is 4.25. The van der Waals surface area contributed by atoms with Gasteiger partial charge in [0.25, 0.3) is 11.5 Å². The maximum Gasteiger partial charge on any atom is 0.262 e. The van der Waals surface area contributed by atoms with E-state index in [-0.39, 0.29) is 29.5 Å². The number of benzene rings is 2. The van der Waals surface area contributed by atoms with Crippen molar-refractivity contribution in [1.82, 2.24) is 14.9 Å². The van der Waals surface area contributed by atoms with Crippen LogP contribution in [0.3, 0.4) is 0 Å². The Labute approximate surface area is 217 Å². The van der Waals surface area contributed by atoms with Gasteiger partial charge in [0.1, 0.15) is 5.76 Å². The Morgan fingerprint density at radius 3 is 2.58 bits per heavy atom. The highest BCUT2D eigenvalue weighted by Crippen LogP contribution is 2.21. The summed E-state index contributed by atoms with van der Waals surface area (Å²) >= 11 is 7.15. The van der Waals surface area contributed by atoms with Gasteiger partial charge in [0.15, 0.2) is 10.9 Å². The van der Waals surface area contributed by atoms with Crippen LogP contribution in [0, 0.1) is 0 Å². The molecule has 0 atom stereocenters. The van der Waals surface area contributed by atoms with Crippen molar-refractivity contribution in [2.45, 2.75) is 44.4 Å². The predicted molar refractivity (Wildman–Crippen MR) is 142 cm³/mol. The lowest BCUT2D eigenvalue weighted by molar-refractivity contribution is 0.0947. The number of thioether (sulfide) groups is 1. The van der Waals surface area contributed by atoms with Gasteiger partial charge in [0.2, 0.25) is 0 Å². The number of halogens is 1. The average molecular weight is 524 g/mol. The highest BCUT2D eigenvalue weighted by atomic mass is 35.5. The highest BCUT2D eigenvalue weighted by molar-refractivity contribution is 7.99. The van der Waals surface area contributed by atoms with Crippen molar-refractivity contribution >= 4 is 46.0 Å². The van der Waals surface area contributed by atoms with Crippen molar-refractivity contribution in [3.63, 3.8) is 0 Å². The van der Waals surface area contributed by atoms with Crippen molar-refractivity contribution in [2.75, 3.05) is 5.75 Å². The first-order chi connectivity index (χ1) is 17.5. The third kappa shape index (κ3) is 6.25. The first-order valence-corrected chi connectivity index (χ1v) is 13.1. The summed E-state index contributed by atoms with van der Waals surface area (Å²) in [5.74, 6) is 0.379. The zero-order chi connectivity index (χ0) is 25.5. The van der Waals surface area contributed by atoms with E-state index >= 15 is 0 Å². The fraction of sp³-hybridized carbons (Fsp3) is 0.259. The van der Waals surface area contributed by atoms with Gasteiger partial charge in [-0.25, -0.2) is 4.98 Å². The van der Waals surface area contributed by atoms with Gasteiger partial charge in [-0.05, 0) is 61.0 Å². The van der Waals surface area contributed by atoms with E-state index < -0.39 is 0 Å². The minimum absolute atomic E-state index is 0.0859. The monoisotopic (exact) mass is 523 g/mol. The Balaban J connectivity index is 1.60. The Morgan fingerprint density at radius 1 is 1.08 bits per heavy atom. The molecule has 186 valence electrons. The van der Waals surface area contributed by atoms with E-state index in [1.165, 1.54) is 11.8 Å². The van der Waals surface area contributed by atoms with E-state index in [4.69, 9.17) is 21.0 Å². The summed E-state index contributed by atoms with van der Waals surface area (Å²) in [4.78, 5) is 43.4. The zero-order valence-electron chi connectivity index (χ0n) is 19.8. The van der Waals surface area contributed by atoms with E-state index in [1.807, 2.05) is 0 Å². The standard InChI is InChI=1S/C27H26ClN3O4S/c1-2-3-4-13-31-26(34)22-12-9-19(25(33)29-16-21-6-5-14-35-21)15-23(22)30-27(31)36-17-24(32)18-7-10-20(28)11-8-18/h5-12,14-15H,2-4,13,16-17H2,1H3,(H,29,33). The van der Waals surface area contributed by atoms with Gasteiger partial charge >= 0.3 is 0 Å². The molecule has 1 amide bonds. The molecule has 0 saturated carbocycles. The van der Waals surface area contributed by atoms with Gasteiger partial charge in [0, 0.05) is 22.7 Å². The van der Waals surface area contributed by atoms with Gasteiger partial charge in [-0.2, -0.15) is 0 Å². The van der Waals surface area contributed by atoms with E-state index in [0.29, 0.717) is 44.5 Å². The maximum absolute atomic E-state index is 13.4. The molecule has 2 aromatic heterocycles. The van der Waals surface area contributed by atoms with Crippen LogP contribution in [-0.4, -0.2) is 27.0 Å². The fourth-order valence-electron chi connectivity index (χ4n) is 3.70. The second-order valence-corrected chi connectivity index (χ2v) is 9.65. The Kier molecular flexibility index (Phi) is 8.61. The molecule has 36 heavy (non-hydrogen) atoms. The number of fused-ring (bicyclic) bond motifs is 1. The van der Waals surface area contributed by atoms with E-state index in [9.17, 15) is 14.4 Å². The van der Waals surface area contributed by atoms with Crippen LogP contribution >= 0.6 is 23.4 Å². The molecule has 7 nitrogen and oxygen atoms in total. The summed E-state index contributed by atoms with van der Waals surface area (Å²) in [6, 6.07) is 15.1. The van der Waals surface area contributed by atoms with Crippen LogP contribution in [0.1, 0.15) is 52.7 Å². The molecule has 0 aliphatic carbocycles. The minimum atomic E-state index is -0.297. The lowest BCUT2D eigenvalue weighted by Crippen LogP contribution is -2.25. The molecule has 9 heteroatoms. The molecule has 0 fully saturated rings. The van der Waals surface area contributed by atoms with Crippen LogP contribution in [0.25, 0.3) is 10.9 Å². The first-order valence-electron chi connectivity index (χ1n) is 11.7. The van der Waals surface area contributed by atoms with Crippen molar-refractivity contribution in [1.29, 1.82) is 0 Å². The van der Waals surface area contributed by atoms with Crippen molar-refractivity contribution in [3.05, 3.63) is 93.1 Å². The molecule has 4 aromatic rings. The van der Waals surface area contributed by atoms with Crippen molar-refractivity contribution < 1.29 is 14.0 Å². The average Bonchev–Trinajstić information content (AvgIpc) is 3.41. The van der Waals surface area contributed by atoms with Gasteiger partial charge in [0.05, 0.1) is 29.5 Å². The van der Waals surface area contributed by atoms with Gasteiger partial charge in [-0.15, -0.1) is 0 Å². The lowest BCUT2D eigenvalue weighted by atomic mass is 10.1. The highest BCUT2D eigenvalue weighted by Gasteiger charge is 2.16. The largest absolute Gasteiger partial charge is 0.467 e. The molecule has 0 aliphatic rings. The number of nitrogens with one attached hydrogen (secondary N) is 1. The van der Waals surface area contributed by atoms with Gasteiger partial charge in [-0.1, -0.05) is 43.1 Å². The molecular formula is C27H26ClN3O4S. The van der Waals surface area contributed by atoms with Crippen molar-refractivity contribution in [3.8, 4) is 0 Å². The second kappa shape index (κ2) is 12.1. The number of hydrogen-bond acceptors (Lipinski definition) is 6. The van der Waals surface area contributed by atoms with E-state index in [1.54, 1.807) is 65.4 Å². The number of ketones is 1. The molecule has 0 aliphatic heterocycles. The van der Waals surface area contributed by atoms with Crippen molar-refractivity contribution in [2.24, 2.45) is 0 Å². The van der Waals surface area contributed by atoms with Crippen LogP contribution < -0.4 is 10.9 Å². The number of rotatable bonds is 11.